The van der Waals surface area contributed by atoms with Crippen LogP contribution in [0.3, 0.4) is 0 Å². The number of carbonyl (C=O) groups excluding carboxylic acids is 2. The van der Waals surface area contributed by atoms with Crippen molar-refractivity contribution in [1.29, 1.82) is 0 Å². The second-order valence-electron chi connectivity index (χ2n) is 7.09. The van der Waals surface area contributed by atoms with Crippen LogP contribution in [0.1, 0.15) is 30.5 Å². The normalized spacial score (nSPS) is 11.2. The average Bonchev–Trinajstić information content (AvgIpc) is 2.58. The molecule has 2 rings (SSSR count). The Labute approximate surface area is 160 Å². The van der Waals surface area contributed by atoms with Crippen LogP contribution in [0.25, 0.3) is 0 Å². The number of likely N-dealkylation sites (N-methyl/N-ethyl adjacent to an activating group) is 1. The molecule has 0 saturated heterocycles. The summed E-state index contributed by atoms with van der Waals surface area (Å²) >= 11 is 5.93. The molecule has 5 heteroatoms. The number of hydrogen-bond donors (Lipinski definition) is 1. The number of carbonyl (C=O) groups is 2. The summed E-state index contributed by atoms with van der Waals surface area (Å²) in [6, 6.07) is 13.0. The minimum atomic E-state index is -0.751. The Morgan fingerprint density at radius 3 is 2.31 bits per heavy atom. The predicted octanol–water partition coefficient (Wildman–Crippen LogP) is 4.33. The van der Waals surface area contributed by atoms with Gasteiger partial charge in [-0.3, -0.25) is 9.59 Å². The standard InChI is InChI=1S/C21H25ClN2O2/c1-14-7-6-8-18(15(14)2)23-19(25)13-24(5)20(26)21(3,4)16-9-11-17(22)12-10-16/h6-12H,13H2,1-5H3,(H,23,25). The third-order valence-corrected chi connectivity index (χ3v) is 4.96. The van der Waals surface area contributed by atoms with Crippen molar-refractivity contribution < 1.29 is 9.59 Å². The molecule has 0 unspecified atom stereocenters. The summed E-state index contributed by atoms with van der Waals surface area (Å²) < 4.78 is 0. The van der Waals surface area contributed by atoms with Crippen molar-refractivity contribution in [3.05, 3.63) is 64.2 Å². The summed E-state index contributed by atoms with van der Waals surface area (Å²) in [5, 5.41) is 3.51. The third kappa shape index (κ3) is 4.44. The van der Waals surface area contributed by atoms with E-state index in [9.17, 15) is 9.59 Å². The molecule has 0 heterocycles. The first-order valence-corrected chi connectivity index (χ1v) is 8.88. The van der Waals surface area contributed by atoms with Crippen molar-refractivity contribution in [3.63, 3.8) is 0 Å². The third-order valence-electron chi connectivity index (χ3n) is 4.71. The SMILES string of the molecule is Cc1cccc(NC(=O)CN(C)C(=O)C(C)(C)c2ccc(Cl)cc2)c1C. The van der Waals surface area contributed by atoms with E-state index >= 15 is 0 Å². The van der Waals surface area contributed by atoms with Gasteiger partial charge in [-0.25, -0.2) is 0 Å². The number of rotatable bonds is 5. The van der Waals surface area contributed by atoms with Gasteiger partial charge in [0.1, 0.15) is 0 Å². The van der Waals surface area contributed by atoms with Gasteiger partial charge in [0.05, 0.1) is 12.0 Å². The van der Waals surface area contributed by atoms with Gasteiger partial charge in [-0.2, -0.15) is 0 Å². The number of nitrogens with zero attached hydrogens (tertiary/aromatic N) is 1. The van der Waals surface area contributed by atoms with E-state index in [1.54, 1.807) is 19.2 Å². The molecule has 0 spiro atoms. The van der Waals surface area contributed by atoms with Gasteiger partial charge in [0, 0.05) is 17.8 Å². The second kappa shape index (κ2) is 7.92. The van der Waals surface area contributed by atoms with Gasteiger partial charge < -0.3 is 10.2 Å². The summed E-state index contributed by atoms with van der Waals surface area (Å²) in [6.45, 7) is 7.64. The Morgan fingerprint density at radius 1 is 1.08 bits per heavy atom. The Morgan fingerprint density at radius 2 is 1.69 bits per heavy atom. The maximum atomic E-state index is 12.9. The van der Waals surface area contributed by atoms with Crippen molar-refractivity contribution >= 4 is 29.1 Å². The van der Waals surface area contributed by atoms with Crippen LogP contribution in [-0.4, -0.2) is 30.3 Å². The molecular formula is C21H25ClN2O2. The monoisotopic (exact) mass is 372 g/mol. The number of aryl methyl sites for hydroxylation is 1. The van der Waals surface area contributed by atoms with E-state index in [1.165, 1.54) is 4.90 Å². The first kappa shape index (κ1) is 20.0. The molecule has 0 aliphatic heterocycles. The molecule has 26 heavy (non-hydrogen) atoms. The van der Waals surface area contributed by atoms with Gasteiger partial charge in [0.15, 0.2) is 0 Å². The molecule has 0 aliphatic rings. The summed E-state index contributed by atoms with van der Waals surface area (Å²) in [5.74, 6) is -0.350. The van der Waals surface area contributed by atoms with Crippen LogP contribution < -0.4 is 5.32 Å². The zero-order valence-electron chi connectivity index (χ0n) is 15.9. The molecule has 0 bridgehead atoms. The Bertz CT molecular complexity index is 813. The number of nitrogens with one attached hydrogen (secondary N) is 1. The molecule has 2 aromatic rings. The fourth-order valence-electron chi connectivity index (χ4n) is 2.83. The highest BCUT2D eigenvalue weighted by atomic mass is 35.5. The van der Waals surface area contributed by atoms with Gasteiger partial charge in [0.2, 0.25) is 11.8 Å². The molecule has 0 radical (unpaired) electrons. The highest BCUT2D eigenvalue weighted by Gasteiger charge is 2.33. The zero-order valence-corrected chi connectivity index (χ0v) is 16.6. The number of benzene rings is 2. The second-order valence-corrected chi connectivity index (χ2v) is 7.53. The topological polar surface area (TPSA) is 49.4 Å². The van der Waals surface area contributed by atoms with Crippen molar-refractivity contribution in [2.24, 2.45) is 0 Å². The first-order chi connectivity index (χ1) is 12.1. The predicted molar refractivity (Wildman–Crippen MR) is 107 cm³/mol. The van der Waals surface area contributed by atoms with Crippen LogP contribution in [0.2, 0.25) is 5.02 Å². The zero-order chi connectivity index (χ0) is 19.5. The average molecular weight is 373 g/mol. The van der Waals surface area contributed by atoms with E-state index in [0.29, 0.717) is 5.02 Å². The van der Waals surface area contributed by atoms with E-state index in [2.05, 4.69) is 5.32 Å². The van der Waals surface area contributed by atoms with Crippen LogP contribution >= 0.6 is 11.6 Å². The lowest BCUT2D eigenvalue weighted by Gasteiger charge is -2.29. The number of amides is 2. The van der Waals surface area contributed by atoms with Crippen LogP contribution in [0.4, 0.5) is 5.69 Å². The van der Waals surface area contributed by atoms with Crippen molar-refractivity contribution in [1.82, 2.24) is 4.90 Å². The maximum Gasteiger partial charge on any atom is 0.243 e. The van der Waals surface area contributed by atoms with Crippen LogP contribution in [0.5, 0.6) is 0 Å². The minimum absolute atomic E-state index is 0.0107. The minimum Gasteiger partial charge on any atom is -0.336 e. The highest BCUT2D eigenvalue weighted by molar-refractivity contribution is 6.30. The fourth-order valence-corrected chi connectivity index (χ4v) is 2.96. The number of halogens is 1. The maximum absolute atomic E-state index is 12.9. The quantitative estimate of drug-likeness (QED) is 0.849. The van der Waals surface area contributed by atoms with E-state index < -0.39 is 5.41 Å². The summed E-state index contributed by atoms with van der Waals surface area (Å²) in [6.07, 6.45) is 0. The number of anilines is 1. The number of hydrogen-bond acceptors (Lipinski definition) is 2. The van der Waals surface area contributed by atoms with E-state index in [1.807, 2.05) is 58.0 Å². The van der Waals surface area contributed by atoms with Gasteiger partial charge in [-0.1, -0.05) is 35.9 Å². The molecule has 1 N–H and O–H groups in total. The van der Waals surface area contributed by atoms with Crippen molar-refractivity contribution in [2.45, 2.75) is 33.1 Å². The Kier molecular flexibility index (Phi) is 6.09. The molecular weight excluding hydrogens is 348 g/mol. The lowest BCUT2D eigenvalue weighted by Crippen LogP contribution is -2.44. The van der Waals surface area contributed by atoms with Crippen molar-refractivity contribution in [3.8, 4) is 0 Å². The summed E-state index contributed by atoms with van der Waals surface area (Å²) in [5.41, 5.74) is 3.01. The van der Waals surface area contributed by atoms with Crippen LogP contribution in [0, 0.1) is 13.8 Å². The molecule has 0 fully saturated rings. The van der Waals surface area contributed by atoms with Crippen LogP contribution in [0.15, 0.2) is 42.5 Å². The van der Waals surface area contributed by atoms with Crippen molar-refractivity contribution in [2.75, 3.05) is 18.9 Å². The highest BCUT2D eigenvalue weighted by Crippen LogP contribution is 2.26. The fraction of sp³-hybridized carbons (Fsp3) is 0.333. The smallest absolute Gasteiger partial charge is 0.243 e. The lowest BCUT2D eigenvalue weighted by molar-refractivity contribution is -0.137. The van der Waals surface area contributed by atoms with Gasteiger partial charge >= 0.3 is 0 Å². The van der Waals surface area contributed by atoms with E-state index in [0.717, 1.165) is 22.4 Å². The largest absolute Gasteiger partial charge is 0.336 e. The Hall–Kier alpha value is -2.33. The van der Waals surface area contributed by atoms with Crippen LogP contribution in [-0.2, 0) is 15.0 Å². The molecule has 0 aromatic heterocycles. The van der Waals surface area contributed by atoms with Gasteiger partial charge in [0.25, 0.3) is 0 Å². The van der Waals surface area contributed by atoms with Gasteiger partial charge in [-0.05, 0) is 62.6 Å². The molecule has 138 valence electrons. The molecule has 0 saturated carbocycles. The first-order valence-electron chi connectivity index (χ1n) is 8.50. The molecule has 0 aliphatic carbocycles. The lowest BCUT2D eigenvalue weighted by atomic mass is 9.83. The Balaban J connectivity index is 2.07. The molecule has 2 aromatic carbocycles. The van der Waals surface area contributed by atoms with E-state index in [-0.39, 0.29) is 18.4 Å². The summed E-state index contributed by atoms with van der Waals surface area (Å²) in [7, 11) is 1.64. The van der Waals surface area contributed by atoms with E-state index in [4.69, 9.17) is 11.6 Å². The molecule has 2 amide bonds. The molecule has 4 nitrogen and oxygen atoms in total. The molecule has 0 atom stereocenters. The summed E-state index contributed by atoms with van der Waals surface area (Å²) in [4.78, 5) is 26.7. The van der Waals surface area contributed by atoms with Gasteiger partial charge in [-0.15, -0.1) is 0 Å².